The van der Waals surface area contributed by atoms with Crippen molar-refractivity contribution in [2.24, 2.45) is 0 Å². The van der Waals surface area contributed by atoms with Gasteiger partial charge in [0.1, 0.15) is 11.4 Å². The Labute approximate surface area is 232 Å². The second-order valence-corrected chi connectivity index (χ2v) is 9.80. The minimum absolute atomic E-state index is 0. The molecule has 0 amide bonds. The summed E-state index contributed by atoms with van der Waals surface area (Å²) in [5.74, 6) is -1.52. The van der Waals surface area contributed by atoms with E-state index < -0.39 is 28.1 Å². The Hall–Kier alpha value is -3.06. The van der Waals surface area contributed by atoms with Crippen LogP contribution < -0.4 is 9.04 Å². The van der Waals surface area contributed by atoms with Crippen molar-refractivity contribution in [3.63, 3.8) is 0 Å². The number of carbonyl (C=O) groups is 1. The summed E-state index contributed by atoms with van der Waals surface area (Å²) in [5.41, 5.74) is 2.17. The number of carboxylic acids is 1. The van der Waals surface area contributed by atoms with Crippen LogP contribution in [0.1, 0.15) is 27.2 Å². The van der Waals surface area contributed by atoms with E-state index in [1.165, 1.54) is 36.4 Å². The second-order valence-electron chi connectivity index (χ2n) is 7.94. The van der Waals surface area contributed by atoms with Gasteiger partial charge in [-0.2, -0.15) is 0 Å². The van der Waals surface area contributed by atoms with Gasteiger partial charge in [0.25, 0.3) is 10.0 Å². The number of halogens is 3. The van der Waals surface area contributed by atoms with Crippen molar-refractivity contribution in [1.29, 1.82) is 0 Å². The van der Waals surface area contributed by atoms with Crippen molar-refractivity contribution in [3.05, 3.63) is 89.2 Å². The standard InChI is InChI=1S/C24H20F3N3O5S.Na.H/c1-15-4-3-13-29-16(2)22(28-21(15)29)30(14-17-5-9-19(10-6-17)35-24(25,26)27)36(33,34)20-11-7-18(8-12-20)23(31)32;;/h3-13H,14H2,1-2H3,(H,31,32);;. The van der Waals surface area contributed by atoms with E-state index in [2.05, 4.69) is 9.72 Å². The van der Waals surface area contributed by atoms with Crippen molar-refractivity contribution in [2.75, 3.05) is 4.31 Å². The number of anilines is 1. The first-order valence-corrected chi connectivity index (χ1v) is 12.0. The van der Waals surface area contributed by atoms with Gasteiger partial charge in [0.15, 0.2) is 5.82 Å². The molecule has 0 fully saturated rings. The van der Waals surface area contributed by atoms with Gasteiger partial charge in [-0.05, 0) is 67.4 Å². The third-order valence-corrected chi connectivity index (χ3v) is 7.22. The van der Waals surface area contributed by atoms with Gasteiger partial charge in [-0.15, -0.1) is 13.2 Å². The Bertz CT molecular complexity index is 1540. The van der Waals surface area contributed by atoms with E-state index in [1.807, 2.05) is 13.0 Å². The quantitative estimate of drug-likeness (QED) is 0.349. The number of imidazole rings is 1. The first-order chi connectivity index (χ1) is 16.9. The fourth-order valence-electron chi connectivity index (χ4n) is 3.68. The molecule has 2 heterocycles. The average Bonchev–Trinajstić information content (AvgIpc) is 3.15. The number of hydrogen-bond donors (Lipinski definition) is 1. The molecule has 0 saturated heterocycles. The molecule has 4 aromatic rings. The van der Waals surface area contributed by atoms with Gasteiger partial charge < -0.3 is 14.2 Å². The number of rotatable bonds is 7. The molecule has 190 valence electrons. The van der Waals surface area contributed by atoms with E-state index in [9.17, 15) is 26.4 Å². The van der Waals surface area contributed by atoms with E-state index >= 15 is 0 Å². The second kappa shape index (κ2) is 10.7. The predicted octanol–water partition coefficient (Wildman–Crippen LogP) is 4.29. The predicted molar refractivity (Wildman–Crippen MR) is 132 cm³/mol. The summed E-state index contributed by atoms with van der Waals surface area (Å²) in [6, 6.07) is 13.2. The molecule has 0 spiro atoms. The summed E-state index contributed by atoms with van der Waals surface area (Å²) < 4.78 is 71.7. The average molecular weight is 543 g/mol. The molecule has 0 saturated carbocycles. The fourth-order valence-corrected chi connectivity index (χ4v) is 5.13. The Morgan fingerprint density at radius 3 is 2.22 bits per heavy atom. The number of nitrogens with zero attached hydrogens (tertiary/aromatic N) is 3. The van der Waals surface area contributed by atoms with E-state index in [0.29, 0.717) is 16.9 Å². The van der Waals surface area contributed by atoms with E-state index in [4.69, 9.17) is 5.11 Å². The Morgan fingerprint density at radius 1 is 1.05 bits per heavy atom. The molecule has 0 aliphatic carbocycles. The number of sulfonamides is 1. The molecule has 37 heavy (non-hydrogen) atoms. The van der Waals surface area contributed by atoms with Crippen LogP contribution in [0.25, 0.3) is 5.65 Å². The van der Waals surface area contributed by atoms with Crippen LogP contribution in [0.3, 0.4) is 0 Å². The number of benzene rings is 2. The van der Waals surface area contributed by atoms with Crippen LogP contribution in [-0.4, -0.2) is 64.8 Å². The monoisotopic (exact) mass is 543 g/mol. The molecule has 8 nitrogen and oxygen atoms in total. The first kappa shape index (κ1) is 28.5. The van der Waals surface area contributed by atoms with Crippen molar-refractivity contribution < 1.29 is 36.2 Å². The third-order valence-electron chi connectivity index (χ3n) is 5.47. The van der Waals surface area contributed by atoms with Crippen LogP contribution in [0.4, 0.5) is 19.0 Å². The molecule has 4 rings (SSSR count). The number of ether oxygens (including phenoxy) is 1. The zero-order chi connectivity index (χ0) is 26.3. The van der Waals surface area contributed by atoms with Crippen LogP contribution in [0.5, 0.6) is 5.75 Å². The number of alkyl halides is 3. The molecule has 0 radical (unpaired) electrons. The maximum atomic E-state index is 13.7. The number of hydrogen-bond acceptors (Lipinski definition) is 5. The molecular formula is C24H21F3N3NaO5S. The number of aromatic nitrogens is 2. The number of carboxylic acid groups (broad SMARTS) is 1. The molecule has 0 bridgehead atoms. The van der Waals surface area contributed by atoms with Gasteiger partial charge in [0, 0.05) is 6.20 Å². The third kappa shape index (κ3) is 6.09. The summed E-state index contributed by atoms with van der Waals surface area (Å²) in [6.07, 6.45) is -3.12. The summed E-state index contributed by atoms with van der Waals surface area (Å²) in [4.78, 5) is 15.6. The van der Waals surface area contributed by atoms with Crippen molar-refractivity contribution in [1.82, 2.24) is 9.38 Å². The normalized spacial score (nSPS) is 11.7. The van der Waals surface area contributed by atoms with Crippen LogP contribution in [0.2, 0.25) is 0 Å². The van der Waals surface area contributed by atoms with Crippen LogP contribution >= 0.6 is 0 Å². The Kier molecular flexibility index (Phi) is 8.27. The Balaban J connectivity index is 0.00000380. The van der Waals surface area contributed by atoms with Crippen LogP contribution in [-0.2, 0) is 16.6 Å². The molecule has 2 aromatic carbocycles. The SMILES string of the molecule is Cc1cccn2c(C)c(N(Cc3ccc(OC(F)(F)F)cc3)S(=O)(=O)c3ccc(C(=O)O)cc3)nc12.[NaH]. The van der Waals surface area contributed by atoms with Gasteiger partial charge >= 0.3 is 41.9 Å². The summed E-state index contributed by atoms with van der Waals surface area (Å²) in [5, 5.41) is 9.14. The number of pyridine rings is 1. The van der Waals surface area contributed by atoms with E-state index in [-0.39, 0.29) is 52.4 Å². The van der Waals surface area contributed by atoms with Crippen LogP contribution in [0.15, 0.2) is 71.8 Å². The fraction of sp³-hybridized carbons (Fsp3) is 0.167. The van der Waals surface area contributed by atoms with E-state index in [1.54, 1.807) is 23.6 Å². The molecule has 0 unspecified atom stereocenters. The number of fused-ring (bicyclic) bond motifs is 1. The summed E-state index contributed by atoms with van der Waals surface area (Å²) in [6.45, 7) is 3.28. The topological polar surface area (TPSA) is 101 Å². The van der Waals surface area contributed by atoms with E-state index in [0.717, 1.165) is 22.0 Å². The van der Waals surface area contributed by atoms with Gasteiger partial charge in [-0.1, -0.05) is 18.2 Å². The Morgan fingerprint density at radius 2 is 1.68 bits per heavy atom. The summed E-state index contributed by atoms with van der Waals surface area (Å²) in [7, 11) is -4.26. The molecular weight excluding hydrogens is 522 g/mol. The number of aryl methyl sites for hydroxylation is 2. The molecule has 13 heteroatoms. The minimum atomic E-state index is -4.86. The van der Waals surface area contributed by atoms with Crippen molar-refractivity contribution in [2.45, 2.75) is 31.7 Å². The van der Waals surface area contributed by atoms with Crippen LogP contribution in [0, 0.1) is 13.8 Å². The van der Waals surface area contributed by atoms with Gasteiger partial charge in [0.2, 0.25) is 0 Å². The molecule has 0 aliphatic heterocycles. The molecule has 0 aliphatic rings. The molecule has 1 N–H and O–H groups in total. The van der Waals surface area contributed by atoms with Gasteiger partial charge in [-0.25, -0.2) is 22.5 Å². The first-order valence-electron chi connectivity index (χ1n) is 10.5. The molecule has 2 aromatic heterocycles. The zero-order valence-corrected chi connectivity index (χ0v) is 19.8. The summed E-state index contributed by atoms with van der Waals surface area (Å²) >= 11 is 0. The number of aromatic carboxylic acids is 1. The van der Waals surface area contributed by atoms with Crippen molar-refractivity contribution in [3.8, 4) is 5.75 Å². The van der Waals surface area contributed by atoms with Gasteiger partial charge in [0.05, 0.1) is 22.7 Å². The molecule has 0 atom stereocenters. The zero-order valence-electron chi connectivity index (χ0n) is 19.0. The van der Waals surface area contributed by atoms with Crippen molar-refractivity contribution >= 4 is 57.0 Å². The van der Waals surface area contributed by atoms with Gasteiger partial charge in [-0.3, -0.25) is 0 Å². The maximum absolute atomic E-state index is 13.7.